The molecule has 0 saturated heterocycles. The Kier molecular flexibility index (Phi) is 4.11. The van der Waals surface area contributed by atoms with Crippen LogP contribution in [0.5, 0.6) is 0 Å². The van der Waals surface area contributed by atoms with Gasteiger partial charge in [-0.2, -0.15) is 0 Å². The molecule has 100 valence electrons. The number of hydrogen-bond donors (Lipinski definition) is 1. The number of nitrogens with two attached hydrogens (primary N) is 1. The summed E-state index contributed by atoms with van der Waals surface area (Å²) in [5, 5.41) is 0. The van der Waals surface area contributed by atoms with E-state index in [1.807, 2.05) is 0 Å². The fourth-order valence-electron chi connectivity index (χ4n) is 2.97. The predicted octanol–water partition coefficient (Wildman–Crippen LogP) is 4.04. The van der Waals surface area contributed by atoms with Crippen molar-refractivity contribution < 1.29 is 0 Å². The van der Waals surface area contributed by atoms with E-state index in [1.54, 1.807) is 0 Å². The van der Waals surface area contributed by atoms with E-state index in [0.29, 0.717) is 6.04 Å². The van der Waals surface area contributed by atoms with Crippen molar-refractivity contribution in [3.63, 3.8) is 0 Å². The SMILES string of the molecule is CC(C)(C)c1ccc(CC(N)C2CCCC2)cc1. The van der Waals surface area contributed by atoms with Crippen molar-refractivity contribution in [2.24, 2.45) is 11.7 Å². The van der Waals surface area contributed by atoms with Gasteiger partial charge in [0.2, 0.25) is 0 Å². The minimum Gasteiger partial charge on any atom is -0.327 e. The van der Waals surface area contributed by atoms with Gasteiger partial charge in [-0.1, -0.05) is 57.9 Å². The zero-order valence-electron chi connectivity index (χ0n) is 12.1. The molecule has 1 nitrogen and oxygen atoms in total. The first-order valence-corrected chi connectivity index (χ1v) is 7.32. The van der Waals surface area contributed by atoms with Crippen LogP contribution in [0.15, 0.2) is 24.3 Å². The lowest BCUT2D eigenvalue weighted by Crippen LogP contribution is -2.30. The molecule has 0 spiro atoms. The molecule has 1 heteroatoms. The zero-order chi connectivity index (χ0) is 13.2. The summed E-state index contributed by atoms with van der Waals surface area (Å²) in [6.07, 6.45) is 6.46. The second-order valence-corrected chi connectivity index (χ2v) is 6.86. The van der Waals surface area contributed by atoms with Crippen LogP contribution < -0.4 is 5.73 Å². The molecular formula is C17H27N. The van der Waals surface area contributed by atoms with Crippen LogP contribution in [0, 0.1) is 5.92 Å². The molecule has 1 saturated carbocycles. The van der Waals surface area contributed by atoms with E-state index < -0.39 is 0 Å². The molecule has 0 aliphatic heterocycles. The Morgan fingerprint density at radius 3 is 2.17 bits per heavy atom. The average Bonchev–Trinajstić information content (AvgIpc) is 2.82. The molecule has 0 amide bonds. The summed E-state index contributed by atoms with van der Waals surface area (Å²) >= 11 is 0. The molecule has 1 aromatic carbocycles. The number of hydrogen-bond acceptors (Lipinski definition) is 1. The van der Waals surface area contributed by atoms with Crippen LogP contribution in [0.25, 0.3) is 0 Å². The summed E-state index contributed by atoms with van der Waals surface area (Å²) in [5.41, 5.74) is 9.37. The quantitative estimate of drug-likeness (QED) is 0.854. The van der Waals surface area contributed by atoms with Crippen molar-refractivity contribution in [3.8, 4) is 0 Å². The first-order valence-electron chi connectivity index (χ1n) is 7.32. The van der Waals surface area contributed by atoms with Gasteiger partial charge in [-0.3, -0.25) is 0 Å². The summed E-state index contributed by atoms with van der Waals surface area (Å²) in [4.78, 5) is 0. The van der Waals surface area contributed by atoms with Gasteiger partial charge in [0.1, 0.15) is 0 Å². The molecule has 1 atom stereocenters. The van der Waals surface area contributed by atoms with E-state index in [1.165, 1.54) is 36.8 Å². The third-order valence-corrected chi connectivity index (χ3v) is 4.30. The monoisotopic (exact) mass is 245 g/mol. The molecule has 0 heterocycles. The molecule has 2 N–H and O–H groups in total. The Morgan fingerprint density at radius 1 is 1.11 bits per heavy atom. The van der Waals surface area contributed by atoms with Crippen molar-refractivity contribution in [1.82, 2.24) is 0 Å². The average molecular weight is 245 g/mol. The maximum absolute atomic E-state index is 6.33. The predicted molar refractivity (Wildman–Crippen MR) is 78.8 cm³/mol. The highest BCUT2D eigenvalue weighted by molar-refractivity contribution is 5.28. The summed E-state index contributed by atoms with van der Waals surface area (Å²) in [5.74, 6) is 0.757. The van der Waals surface area contributed by atoms with Crippen LogP contribution in [0.1, 0.15) is 57.6 Å². The Bertz CT molecular complexity index is 366. The molecule has 2 rings (SSSR count). The van der Waals surface area contributed by atoms with Crippen LogP contribution in [0.4, 0.5) is 0 Å². The van der Waals surface area contributed by atoms with Gasteiger partial charge in [0.15, 0.2) is 0 Å². The number of benzene rings is 1. The van der Waals surface area contributed by atoms with E-state index in [2.05, 4.69) is 45.0 Å². The van der Waals surface area contributed by atoms with Gasteiger partial charge in [0, 0.05) is 6.04 Å². The normalized spacial score (nSPS) is 19.1. The van der Waals surface area contributed by atoms with Crippen molar-refractivity contribution in [2.75, 3.05) is 0 Å². The zero-order valence-corrected chi connectivity index (χ0v) is 12.1. The molecule has 1 aliphatic rings. The van der Waals surface area contributed by atoms with E-state index in [-0.39, 0.29) is 5.41 Å². The molecule has 0 bridgehead atoms. The maximum atomic E-state index is 6.33. The molecule has 1 aromatic rings. The molecule has 1 unspecified atom stereocenters. The molecule has 1 aliphatic carbocycles. The summed E-state index contributed by atoms with van der Waals surface area (Å²) in [6.45, 7) is 6.77. The van der Waals surface area contributed by atoms with E-state index >= 15 is 0 Å². The van der Waals surface area contributed by atoms with Gasteiger partial charge < -0.3 is 5.73 Å². The summed E-state index contributed by atoms with van der Waals surface area (Å²) in [7, 11) is 0. The first kappa shape index (κ1) is 13.6. The van der Waals surface area contributed by atoms with Crippen LogP contribution in [0.2, 0.25) is 0 Å². The second-order valence-electron chi connectivity index (χ2n) is 6.86. The fourth-order valence-corrected chi connectivity index (χ4v) is 2.97. The smallest absolute Gasteiger partial charge is 0.0108 e. The molecule has 18 heavy (non-hydrogen) atoms. The van der Waals surface area contributed by atoms with Gasteiger partial charge in [0.05, 0.1) is 0 Å². The molecule has 1 fully saturated rings. The van der Waals surface area contributed by atoms with E-state index in [4.69, 9.17) is 5.73 Å². The highest BCUT2D eigenvalue weighted by atomic mass is 14.7. The maximum Gasteiger partial charge on any atom is 0.0108 e. The van der Waals surface area contributed by atoms with Crippen LogP contribution in [-0.4, -0.2) is 6.04 Å². The van der Waals surface area contributed by atoms with E-state index in [0.717, 1.165) is 12.3 Å². The lowest BCUT2D eigenvalue weighted by Gasteiger charge is -2.21. The van der Waals surface area contributed by atoms with Crippen LogP contribution in [0.3, 0.4) is 0 Å². The van der Waals surface area contributed by atoms with Gasteiger partial charge in [-0.25, -0.2) is 0 Å². The lowest BCUT2D eigenvalue weighted by molar-refractivity contribution is 0.429. The Morgan fingerprint density at radius 2 is 1.67 bits per heavy atom. The van der Waals surface area contributed by atoms with Crippen molar-refractivity contribution in [2.45, 2.75) is 64.3 Å². The highest BCUT2D eigenvalue weighted by Gasteiger charge is 2.22. The lowest BCUT2D eigenvalue weighted by atomic mass is 9.85. The van der Waals surface area contributed by atoms with Crippen molar-refractivity contribution in [1.29, 1.82) is 0 Å². The largest absolute Gasteiger partial charge is 0.327 e. The fraction of sp³-hybridized carbons (Fsp3) is 0.647. The number of rotatable bonds is 3. The molecule has 0 aromatic heterocycles. The van der Waals surface area contributed by atoms with E-state index in [9.17, 15) is 0 Å². The third kappa shape index (κ3) is 3.35. The van der Waals surface area contributed by atoms with Gasteiger partial charge in [-0.05, 0) is 41.7 Å². The van der Waals surface area contributed by atoms with Crippen molar-refractivity contribution in [3.05, 3.63) is 35.4 Å². The molecular weight excluding hydrogens is 218 g/mol. The minimum absolute atomic E-state index is 0.242. The minimum atomic E-state index is 0.242. The topological polar surface area (TPSA) is 26.0 Å². The Balaban J connectivity index is 1.97. The molecule has 0 radical (unpaired) electrons. The van der Waals surface area contributed by atoms with Gasteiger partial charge in [0.25, 0.3) is 0 Å². The van der Waals surface area contributed by atoms with Crippen molar-refractivity contribution >= 4 is 0 Å². The van der Waals surface area contributed by atoms with Crippen LogP contribution >= 0.6 is 0 Å². The van der Waals surface area contributed by atoms with Gasteiger partial charge >= 0.3 is 0 Å². The summed E-state index contributed by atoms with van der Waals surface area (Å²) < 4.78 is 0. The van der Waals surface area contributed by atoms with Gasteiger partial charge in [-0.15, -0.1) is 0 Å². The Labute approximate surface area is 112 Å². The first-order chi connectivity index (χ1) is 8.47. The summed E-state index contributed by atoms with van der Waals surface area (Å²) in [6, 6.07) is 9.39. The van der Waals surface area contributed by atoms with Crippen LogP contribution in [-0.2, 0) is 11.8 Å². The standard InChI is InChI=1S/C17H27N/c1-17(2,3)15-10-8-13(9-11-15)12-16(18)14-6-4-5-7-14/h8-11,14,16H,4-7,12,18H2,1-3H3. The highest BCUT2D eigenvalue weighted by Crippen LogP contribution is 2.28. The Hall–Kier alpha value is -0.820. The second kappa shape index (κ2) is 5.44. The third-order valence-electron chi connectivity index (χ3n) is 4.30.